The Bertz CT molecular complexity index is 558. The van der Waals surface area contributed by atoms with Crippen molar-refractivity contribution in [2.24, 2.45) is 5.10 Å². The standard InChI is InChI=1S/C12H13N3OS2/c1-8-7-18-12(13-8)6-11(16)15-14-9(2)10-4-3-5-17-10/h3-5,7H,6H2,1-2H3,(H,15,16)/b14-9-. The Balaban J connectivity index is 1.90. The van der Waals surface area contributed by atoms with Crippen LogP contribution in [0.25, 0.3) is 0 Å². The molecule has 0 saturated heterocycles. The summed E-state index contributed by atoms with van der Waals surface area (Å²) in [6.45, 7) is 3.79. The van der Waals surface area contributed by atoms with Crippen LogP contribution in [0.15, 0.2) is 28.0 Å². The van der Waals surface area contributed by atoms with Gasteiger partial charge in [0.25, 0.3) is 0 Å². The number of thiazole rings is 1. The first-order valence-corrected chi connectivity index (χ1v) is 7.19. The van der Waals surface area contributed by atoms with E-state index in [1.165, 1.54) is 11.3 Å². The maximum atomic E-state index is 11.6. The molecule has 2 rings (SSSR count). The van der Waals surface area contributed by atoms with Gasteiger partial charge in [-0.3, -0.25) is 4.79 Å². The van der Waals surface area contributed by atoms with Crippen molar-refractivity contribution in [3.8, 4) is 0 Å². The van der Waals surface area contributed by atoms with Gasteiger partial charge in [0.15, 0.2) is 0 Å². The fourth-order valence-corrected chi connectivity index (χ4v) is 2.79. The minimum absolute atomic E-state index is 0.139. The van der Waals surface area contributed by atoms with E-state index >= 15 is 0 Å². The molecule has 6 heteroatoms. The number of aromatic nitrogens is 1. The number of nitrogens with one attached hydrogen (secondary N) is 1. The molecule has 0 saturated carbocycles. The van der Waals surface area contributed by atoms with Crippen LogP contribution in [0.1, 0.15) is 22.5 Å². The molecule has 1 amide bonds. The van der Waals surface area contributed by atoms with Crippen LogP contribution in [0.3, 0.4) is 0 Å². The third-order valence-electron chi connectivity index (χ3n) is 2.20. The van der Waals surface area contributed by atoms with Crippen molar-refractivity contribution >= 4 is 34.3 Å². The minimum atomic E-state index is -0.139. The molecule has 94 valence electrons. The van der Waals surface area contributed by atoms with E-state index in [1.807, 2.05) is 36.7 Å². The van der Waals surface area contributed by atoms with Crippen LogP contribution in [-0.4, -0.2) is 16.6 Å². The van der Waals surface area contributed by atoms with E-state index in [9.17, 15) is 4.79 Å². The first-order valence-electron chi connectivity index (χ1n) is 5.43. The van der Waals surface area contributed by atoms with Crippen LogP contribution < -0.4 is 5.43 Å². The van der Waals surface area contributed by atoms with Crippen LogP contribution in [0.5, 0.6) is 0 Å². The lowest BCUT2D eigenvalue weighted by molar-refractivity contribution is -0.120. The number of carbonyl (C=O) groups excluding carboxylic acids is 1. The molecule has 2 aromatic rings. The van der Waals surface area contributed by atoms with Crippen molar-refractivity contribution in [3.63, 3.8) is 0 Å². The Morgan fingerprint density at radius 3 is 2.94 bits per heavy atom. The van der Waals surface area contributed by atoms with E-state index < -0.39 is 0 Å². The number of carbonyl (C=O) groups is 1. The number of hydrogen-bond donors (Lipinski definition) is 1. The summed E-state index contributed by atoms with van der Waals surface area (Å²) in [7, 11) is 0. The molecule has 0 bridgehead atoms. The topological polar surface area (TPSA) is 54.4 Å². The van der Waals surface area contributed by atoms with Crippen molar-refractivity contribution in [3.05, 3.63) is 38.5 Å². The minimum Gasteiger partial charge on any atom is -0.273 e. The summed E-state index contributed by atoms with van der Waals surface area (Å²) >= 11 is 3.09. The largest absolute Gasteiger partial charge is 0.273 e. The second kappa shape index (κ2) is 5.88. The Hall–Kier alpha value is -1.53. The molecule has 2 aromatic heterocycles. The van der Waals surface area contributed by atoms with Gasteiger partial charge in [-0.2, -0.15) is 5.10 Å². The molecule has 4 nitrogen and oxygen atoms in total. The highest BCUT2D eigenvalue weighted by Gasteiger charge is 2.06. The summed E-state index contributed by atoms with van der Waals surface area (Å²) in [6.07, 6.45) is 0.278. The van der Waals surface area contributed by atoms with E-state index in [0.717, 1.165) is 21.3 Å². The van der Waals surface area contributed by atoms with Crippen molar-refractivity contribution in [1.82, 2.24) is 10.4 Å². The average Bonchev–Trinajstić information content (AvgIpc) is 2.97. The number of rotatable bonds is 4. The number of aryl methyl sites for hydroxylation is 1. The summed E-state index contributed by atoms with van der Waals surface area (Å²) < 4.78 is 0. The summed E-state index contributed by atoms with van der Waals surface area (Å²) in [5.74, 6) is -0.139. The van der Waals surface area contributed by atoms with Crippen molar-refractivity contribution in [2.45, 2.75) is 20.3 Å². The summed E-state index contributed by atoms with van der Waals surface area (Å²) in [4.78, 5) is 16.9. The quantitative estimate of drug-likeness (QED) is 0.691. The molecule has 2 heterocycles. The molecule has 18 heavy (non-hydrogen) atoms. The zero-order valence-electron chi connectivity index (χ0n) is 10.1. The maximum absolute atomic E-state index is 11.6. The van der Waals surface area contributed by atoms with Crippen LogP contribution in [-0.2, 0) is 11.2 Å². The van der Waals surface area contributed by atoms with Crippen LogP contribution in [0, 0.1) is 6.92 Å². The van der Waals surface area contributed by atoms with Gasteiger partial charge in [-0.15, -0.1) is 22.7 Å². The van der Waals surface area contributed by atoms with Crippen molar-refractivity contribution in [2.75, 3.05) is 0 Å². The number of thiophene rings is 1. The van der Waals surface area contributed by atoms with Crippen LogP contribution in [0.2, 0.25) is 0 Å². The number of hydrazone groups is 1. The second-order valence-electron chi connectivity index (χ2n) is 3.77. The molecule has 0 atom stereocenters. The highest BCUT2D eigenvalue weighted by Crippen LogP contribution is 2.10. The molecule has 0 radical (unpaired) electrons. The van der Waals surface area contributed by atoms with Gasteiger partial charge in [0, 0.05) is 16.0 Å². The Morgan fingerprint density at radius 2 is 2.33 bits per heavy atom. The third kappa shape index (κ3) is 3.48. The van der Waals surface area contributed by atoms with Crippen LogP contribution >= 0.6 is 22.7 Å². The van der Waals surface area contributed by atoms with E-state index in [1.54, 1.807) is 11.3 Å². The van der Waals surface area contributed by atoms with Gasteiger partial charge in [0.2, 0.25) is 5.91 Å². The van der Waals surface area contributed by atoms with Crippen molar-refractivity contribution in [1.29, 1.82) is 0 Å². The molecule has 0 fully saturated rings. The third-order valence-corrected chi connectivity index (χ3v) is 4.15. The van der Waals surface area contributed by atoms with E-state index in [2.05, 4.69) is 15.5 Å². The predicted octanol–water partition coefficient (Wildman–Crippen LogP) is 2.60. The Kier molecular flexibility index (Phi) is 4.22. The normalized spacial score (nSPS) is 11.6. The first-order chi connectivity index (χ1) is 8.65. The SMILES string of the molecule is C/C(=N/NC(=O)Cc1nc(C)cs1)c1cccs1. The van der Waals surface area contributed by atoms with E-state index in [-0.39, 0.29) is 12.3 Å². The van der Waals surface area contributed by atoms with E-state index in [4.69, 9.17) is 0 Å². The van der Waals surface area contributed by atoms with Gasteiger partial charge in [0.1, 0.15) is 5.01 Å². The Labute approximate surface area is 113 Å². The zero-order valence-corrected chi connectivity index (χ0v) is 11.8. The van der Waals surface area contributed by atoms with Gasteiger partial charge >= 0.3 is 0 Å². The van der Waals surface area contributed by atoms with Gasteiger partial charge in [-0.05, 0) is 25.3 Å². The lowest BCUT2D eigenvalue weighted by Gasteiger charge is -1.99. The molecular formula is C12H13N3OS2. The molecule has 0 spiro atoms. The smallest absolute Gasteiger partial charge is 0.246 e. The molecule has 0 aliphatic carbocycles. The number of amides is 1. The maximum Gasteiger partial charge on any atom is 0.246 e. The number of hydrogen-bond acceptors (Lipinski definition) is 5. The van der Waals surface area contributed by atoms with Crippen LogP contribution in [0.4, 0.5) is 0 Å². The number of nitrogens with zero attached hydrogens (tertiary/aromatic N) is 2. The fourth-order valence-electron chi connectivity index (χ4n) is 1.35. The molecule has 0 aromatic carbocycles. The van der Waals surface area contributed by atoms with E-state index in [0.29, 0.717) is 0 Å². The summed E-state index contributed by atoms with van der Waals surface area (Å²) in [6, 6.07) is 3.93. The lowest BCUT2D eigenvalue weighted by atomic mass is 10.3. The Morgan fingerprint density at radius 1 is 1.50 bits per heavy atom. The first kappa shape index (κ1) is 12.9. The zero-order chi connectivity index (χ0) is 13.0. The monoisotopic (exact) mass is 279 g/mol. The van der Waals surface area contributed by atoms with Crippen molar-refractivity contribution < 1.29 is 4.79 Å². The molecule has 0 aliphatic heterocycles. The van der Waals surface area contributed by atoms with Gasteiger partial charge in [0.05, 0.1) is 12.1 Å². The molecule has 0 aliphatic rings. The lowest BCUT2D eigenvalue weighted by Crippen LogP contribution is -2.21. The fraction of sp³-hybridized carbons (Fsp3) is 0.250. The summed E-state index contributed by atoms with van der Waals surface area (Å²) in [5, 5.41) is 8.80. The molecule has 1 N–H and O–H groups in total. The molecular weight excluding hydrogens is 266 g/mol. The average molecular weight is 279 g/mol. The predicted molar refractivity (Wildman–Crippen MR) is 75.2 cm³/mol. The van der Waals surface area contributed by atoms with Gasteiger partial charge in [-0.1, -0.05) is 6.07 Å². The van der Waals surface area contributed by atoms with Gasteiger partial charge < -0.3 is 0 Å². The highest BCUT2D eigenvalue weighted by atomic mass is 32.1. The highest BCUT2D eigenvalue weighted by molar-refractivity contribution is 7.12. The van der Waals surface area contributed by atoms with Gasteiger partial charge in [-0.25, -0.2) is 10.4 Å². The molecule has 0 unspecified atom stereocenters. The second-order valence-corrected chi connectivity index (χ2v) is 5.66. The summed E-state index contributed by atoms with van der Waals surface area (Å²) in [5.41, 5.74) is 4.31.